The van der Waals surface area contributed by atoms with Gasteiger partial charge in [0.05, 0.1) is 12.8 Å². The lowest BCUT2D eigenvalue weighted by atomic mass is 10.0. The lowest BCUT2D eigenvalue weighted by Crippen LogP contribution is -2.25. The summed E-state index contributed by atoms with van der Waals surface area (Å²) in [4.78, 5) is 5.59. The number of ether oxygens (including phenoxy) is 1. The quantitative estimate of drug-likeness (QED) is 0.784. The fraction of sp³-hybridized carbons (Fsp3) is 0.267. The normalized spacial score (nSPS) is 12.7. The summed E-state index contributed by atoms with van der Waals surface area (Å²) in [6.07, 6.45) is 5.62. The van der Waals surface area contributed by atoms with Crippen molar-refractivity contribution in [3.8, 4) is 5.75 Å². The van der Waals surface area contributed by atoms with Crippen molar-refractivity contribution in [1.82, 2.24) is 9.38 Å². The lowest BCUT2D eigenvalue weighted by molar-refractivity contribution is 0.407. The lowest BCUT2D eigenvalue weighted by Gasteiger charge is -2.13. The second-order valence-corrected chi connectivity index (χ2v) is 5.68. The number of hydrogen-bond donors (Lipinski definition) is 1. The molecule has 20 heavy (non-hydrogen) atoms. The van der Waals surface area contributed by atoms with Gasteiger partial charge in [0.2, 0.25) is 0 Å². The van der Waals surface area contributed by atoms with E-state index in [2.05, 4.69) is 11.1 Å². The standard InChI is InChI=1S/C15H17N3OS/c1-19-14-5-3-2-4-11(14)8-12(16)9-13-10-18-6-7-20-15(18)17-13/h2-7,10,12H,8-9,16H2,1H3. The van der Waals surface area contributed by atoms with Gasteiger partial charge in [0.25, 0.3) is 0 Å². The van der Waals surface area contributed by atoms with Crippen LogP contribution in [0.5, 0.6) is 5.75 Å². The summed E-state index contributed by atoms with van der Waals surface area (Å²) in [6, 6.07) is 8.05. The molecule has 5 heteroatoms. The van der Waals surface area contributed by atoms with Gasteiger partial charge in [-0.15, -0.1) is 11.3 Å². The molecule has 3 rings (SSSR count). The molecule has 4 nitrogen and oxygen atoms in total. The Bertz CT molecular complexity index is 675. The van der Waals surface area contributed by atoms with Gasteiger partial charge in [-0.3, -0.25) is 4.40 Å². The Morgan fingerprint density at radius 2 is 2.20 bits per heavy atom. The molecule has 2 aromatic heterocycles. The van der Waals surface area contributed by atoms with Crippen molar-refractivity contribution >= 4 is 16.3 Å². The number of fused-ring (bicyclic) bond motifs is 1. The maximum atomic E-state index is 6.25. The highest BCUT2D eigenvalue weighted by molar-refractivity contribution is 7.15. The Balaban J connectivity index is 1.70. The smallest absolute Gasteiger partial charge is 0.193 e. The van der Waals surface area contributed by atoms with Crippen LogP contribution in [0.15, 0.2) is 42.0 Å². The molecular formula is C15H17N3OS. The van der Waals surface area contributed by atoms with E-state index in [1.54, 1.807) is 18.4 Å². The van der Waals surface area contributed by atoms with Crippen molar-refractivity contribution in [1.29, 1.82) is 0 Å². The molecule has 0 bridgehead atoms. The summed E-state index contributed by atoms with van der Waals surface area (Å²) in [5, 5.41) is 2.03. The van der Waals surface area contributed by atoms with Crippen LogP contribution >= 0.6 is 11.3 Å². The minimum Gasteiger partial charge on any atom is -0.496 e. The molecule has 0 amide bonds. The average molecular weight is 287 g/mol. The molecule has 0 saturated heterocycles. The van der Waals surface area contributed by atoms with E-state index in [9.17, 15) is 0 Å². The van der Waals surface area contributed by atoms with Gasteiger partial charge in [-0.1, -0.05) is 18.2 Å². The molecule has 0 saturated carbocycles. The van der Waals surface area contributed by atoms with Crippen LogP contribution in [0.2, 0.25) is 0 Å². The summed E-state index contributed by atoms with van der Waals surface area (Å²) >= 11 is 1.64. The topological polar surface area (TPSA) is 52.5 Å². The Morgan fingerprint density at radius 1 is 1.35 bits per heavy atom. The van der Waals surface area contributed by atoms with Gasteiger partial charge in [0, 0.05) is 30.2 Å². The monoisotopic (exact) mass is 287 g/mol. The van der Waals surface area contributed by atoms with Crippen LogP contribution in [0.25, 0.3) is 4.96 Å². The molecule has 2 N–H and O–H groups in total. The number of imidazole rings is 1. The molecule has 104 valence electrons. The number of hydrogen-bond acceptors (Lipinski definition) is 4. The molecule has 2 heterocycles. The fourth-order valence-electron chi connectivity index (χ4n) is 2.37. The molecule has 1 atom stereocenters. The van der Waals surface area contributed by atoms with Crippen molar-refractivity contribution in [2.24, 2.45) is 5.73 Å². The predicted molar refractivity (Wildman–Crippen MR) is 81.4 cm³/mol. The minimum atomic E-state index is 0.0379. The van der Waals surface area contributed by atoms with Gasteiger partial charge in [0.15, 0.2) is 4.96 Å². The largest absolute Gasteiger partial charge is 0.496 e. The number of thiazole rings is 1. The van der Waals surface area contributed by atoms with Gasteiger partial charge >= 0.3 is 0 Å². The van der Waals surface area contributed by atoms with Crippen LogP contribution in [-0.2, 0) is 12.8 Å². The third-order valence-electron chi connectivity index (χ3n) is 3.29. The van der Waals surface area contributed by atoms with Crippen LogP contribution in [-0.4, -0.2) is 22.5 Å². The SMILES string of the molecule is COc1ccccc1CC(N)Cc1cn2ccsc2n1. The highest BCUT2D eigenvalue weighted by Gasteiger charge is 2.11. The number of para-hydroxylation sites is 1. The molecule has 0 radical (unpaired) electrons. The van der Waals surface area contributed by atoms with E-state index < -0.39 is 0 Å². The zero-order valence-corrected chi connectivity index (χ0v) is 12.1. The zero-order chi connectivity index (χ0) is 13.9. The van der Waals surface area contributed by atoms with Crippen molar-refractivity contribution in [3.05, 3.63) is 53.3 Å². The van der Waals surface area contributed by atoms with Crippen molar-refractivity contribution < 1.29 is 4.74 Å². The molecule has 1 aromatic carbocycles. The first kappa shape index (κ1) is 13.1. The van der Waals surface area contributed by atoms with E-state index in [1.807, 2.05) is 40.4 Å². The van der Waals surface area contributed by atoms with Crippen LogP contribution in [0.4, 0.5) is 0 Å². The molecule has 0 spiro atoms. The number of nitrogens with zero attached hydrogens (tertiary/aromatic N) is 2. The first-order chi connectivity index (χ1) is 9.76. The second kappa shape index (κ2) is 5.64. The predicted octanol–water partition coefficient (Wildman–Crippen LogP) is 2.52. The van der Waals surface area contributed by atoms with Crippen LogP contribution in [0.3, 0.4) is 0 Å². The number of methoxy groups -OCH3 is 1. The summed E-state index contributed by atoms with van der Waals surface area (Å²) in [6.45, 7) is 0. The highest BCUT2D eigenvalue weighted by Crippen LogP contribution is 2.20. The molecule has 1 unspecified atom stereocenters. The zero-order valence-electron chi connectivity index (χ0n) is 11.3. The highest BCUT2D eigenvalue weighted by atomic mass is 32.1. The average Bonchev–Trinajstić information content (AvgIpc) is 3.00. The summed E-state index contributed by atoms with van der Waals surface area (Å²) in [5.41, 5.74) is 8.43. The van der Waals surface area contributed by atoms with Gasteiger partial charge in [-0.25, -0.2) is 4.98 Å². The first-order valence-corrected chi connectivity index (χ1v) is 7.43. The Labute approximate surface area is 121 Å². The van der Waals surface area contributed by atoms with Gasteiger partial charge < -0.3 is 10.5 Å². The minimum absolute atomic E-state index is 0.0379. The fourth-order valence-corrected chi connectivity index (χ4v) is 3.09. The van der Waals surface area contributed by atoms with Crippen LogP contribution in [0.1, 0.15) is 11.3 Å². The second-order valence-electron chi connectivity index (χ2n) is 4.81. The summed E-state index contributed by atoms with van der Waals surface area (Å²) < 4.78 is 7.40. The molecular weight excluding hydrogens is 270 g/mol. The summed E-state index contributed by atoms with van der Waals surface area (Å²) in [7, 11) is 1.69. The van der Waals surface area contributed by atoms with Gasteiger partial charge in [-0.05, 0) is 18.1 Å². The maximum absolute atomic E-state index is 6.25. The third kappa shape index (κ3) is 2.69. The number of benzene rings is 1. The van der Waals surface area contributed by atoms with E-state index in [1.165, 1.54) is 0 Å². The molecule has 0 aliphatic rings. The summed E-state index contributed by atoms with van der Waals surface area (Å²) in [5.74, 6) is 0.897. The third-order valence-corrected chi connectivity index (χ3v) is 4.06. The molecule has 0 fully saturated rings. The van der Waals surface area contributed by atoms with Crippen molar-refractivity contribution in [2.75, 3.05) is 7.11 Å². The number of aromatic nitrogens is 2. The Hall–Kier alpha value is -1.85. The Morgan fingerprint density at radius 3 is 3.00 bits per heavy atom. The molecule has 0 aliphatic carbocycles. The van der Waals surface area contributed by atoms with Crippen molar-refractivity contribution in [3.63, 3.8) is 0 Å². The van der Waals surface area contributed by atoms with E-state index in [-0.39, 0.29) is 6.04 Å². The number of nitrogens with two attached hydrogens (primary N) is 1. The van der Waals surface area contributed by atoms with Crippen LogP contribution in [0, 0.1) is 0 Å². The van der Waals surface area contributed by atoms with E-state index in [0.29, 0.717) is 0 Å². The van der Waals surface area contributed by atoms with E-state index in [0.717, 1.165) is 34.8 Å². The van der Waals surface area contributed by atoms with E-state index in [4.69, 9.17) is 10.5 Å². The van der Waals surface area contributed by atoms with Crippen LogP contribution < -0.4 is 10.5 Å². The molecule has 3 aromatic rings. The maximum Gasteiger partial charge on any atom is 0.193 e. The number of rotatable bonds is 5. The van der Waals surface area contributed by atoms with E-state index >= 15 is 0 Å². The van der Waals surface area contributed by atoms with Gasteiger partial charge in [-0.2, -0.15) is 0 Å². The van der Waals surface area contributed by atoms with Crippen molar-refractivity contribution in [2.45, 2.75) is 18.9 Å². The Kier molecular flexibility index (Phi) is 3.71. The first-order valence-electron chi connectivity index (χ1n) is 6.55. The molecule has 0 aliphatic heterocycles. The van der Waals surface area contributed by atoms with Gasteiger partial charge in [0.1, 0.15) is 5.75 Å².